The minimum Gasteiger partial charge on any atom is -0.475 e. The summed E-state index contributed by atoms with van der Waals surface area (Å²) in [6, 6.07) is 8.53. The summed E-state index contributed by atoms with van der Waals surface area (Å²) in [5, 5.41) is 25.4. The first kappa shape index (κ1) is 26.2. The van der Waals surface area contributed by atoms with E-state index in [4.69, 9.17) is 19.6 Å². The molecule has 1 spiro atoms. The van der Waals surface area contributed by atoms with Gasteiger partial charge in [-0.25, -0.2) is 14.3 Å². The van der Waals surface area contributed by atoms with Crippen molar-refractivity contribution in [3.05, 3.63) is 54.7 Å². The van der Waals surface area contributed by atoms with Gasteiger partial charge in [-0.1, -0.05) is 0 Å². The molecule has 0 saturated carbocycles. The number of hydrogen-bond donors (Lipinski definition) is 1. The van der Waals surface area contributed by atoms with Crippen molar-refractivity contribution in [2.75, 3.05) is 31.2 Å². The second kappa shape index (κ2) is 10.0. The van der Waals surface area contributed by atoms with Crippen molar-refractivity contribution >= 4 is 17.3 Å². The van der Waals surface area contributed by atoms with Crippen LogP contribution in [0.25, 0.3) is 27.8 Å². The normalized spacial score (nSPS) is 16.3. The summed E-state index contributed by atoms with van der Waals surface area (Å²) < 4.78 is 40.8. The van der Waals surface area contributed by atoms with Gasteiger partial charge in [0, 0.05) is 79.6 Å². The summed E-state index contributed by atoms with van der Waals surface area (Å²) in [5.41, 5.74) is 5.62. The number of rotatable bonds is 3. The molecule has 13 heteroatoms. The number of alkyl halides is 3. The lowest BCUT2D eigenvalue weighted by molar-refractivity contribution is -0.192. The van der Waals surface area contributed by atoms with Crippen LogP contribution in [0.2, 0.25) is 0 Å². The van der Waals surface area contributed by atoms with E-state index in [9.17, 15) is 18.4 Å². The van der Waals surface area contributed by atoms with Crippen LogP contribution in [0.3, 0.4) is 0 Å². The van der Waals surface area contributed by atoms with E-state index in [1.807, 2.05) is 31.8 Å². The third-order valence-corrected chi connectivity index (χ3v) is 7.00. The number of fused-ring (bicyclic) bond motifs is 1. The lowest BCUT2D eigenvalue weighted by Crippen LogP contribution is -2.58. The van der Waals surface area contributed by atoms with Crippen LogP contribution in [0.15, 0.2) is 49.2 Å². The van der Waals surface area contributed by atoms with E-state index in [1.54, 1.807) is 15.4 Å². The summed E-state index contributed by atoms with van der Waals surface area (Å²) >= 11 is 0. The lowest BCUT2D eigenvalue weighted by Gasteiger charge is -2.52. The van der Waals surface area contributed by atoms with Crippen molar-refractivity contribution in [2.24, 2.45) is 12.5 Å². The molecule has 10 nitrogen and oxygen atoms in total. The molecule has 202 valence electrons. The number of hydrogen-bond acceptors (Lipinski definition) is 7. The van der Waals surface area contributed by atoms with Gasteiger partial charge in [0.05, 0.1) is 23.5 Å². The van der Waals surface area contributed by atoms with Crippen LogP contribution < -0.4 is 4.90 Å². The third-order valence-electron chi connectivity index (χ3n) is 7.00. The molecular formula is C26H24F3N7O3. The monoisotopic (exact) mass is 539 g/mol. The van der Waals surface area contributed by atoms with E-state index in [2.05, 4.69) is 39.4 Å². The average molecular weight is 540 g/mol. The van der Waals surface area contributed by atoms with E-state index >= 15 is 0 Å². The number of carboxylic acid groups (broad SMARTS) is 1. The van der Waals surface area contributed by atoms with Gasteiger partial charge in [0.25, 0.3) is 0 Å². The molecule has 0 radical (unpaired) electrons. The Morgan fingerprint density at radius 1 is 1.08 bits per heavy atom. The van der Waals surface area contributed by atoms with E-state index in [-0.39, 0.29) is 0 Å². The molecular weight excluding hydrogens is 515 g/mol. The quantitative estimate of drug-likeness (QED) is 0.416. The fourth-order valence-electron chi connectivity index (χ4n) is 4.93. The highest BCUT2D eigenvalue weighted by Gasteiger charge is 2.44. The van der Waals surface area contributed by atoms with Crippen LogP contribution in [0.1, 0.15) is 18.4 Å². The minimum atomic E-state index is -5.08. The van der Waals surface area contributed by atoms with E-state index < -0.39 is 12.1 Å². The number of nitriles is 1. The second-order valence-electron chi connectivity index (χ2n) is 9.68. The van der Waals surface area contributed by atoms with Gasteiger partial charge in [0.1, 0.15) is 11.9 Å². The second-order valence-corrected chi connectivity index (χ2v) is 9.68. The van der Waals surface area contributed by atoms with Gasteiger partial charge >= 0.3 is 12.1 Å². The Kier molecular flexibility index (Phi) is 6.73. The highest BCUT2D eigenvalue weighted by Crippen LogP contribution is 2.42. The van der Waals surface area contributed by atoms with Crippen molar-refractivity contribution in [1.82, 2.24) is 24.4 Å². The number of aryl methyl sites for hydroxylation is 1. The van der Waals surface area contributed by atoms with Gasteiger partial charge in [0.15, 0.2) is 0 Å². The first-order chi connectivity index (χ1) is 18.6. The molecule has 2 fully saturated rings. The number of anilines is 1. The van der Waals surface area contributed by atoms with Crippen molar-refractivity contribution in [2.45, 2.75) is 19.0 Å². The van der Waals surface area contributed by atoms with Crippen LogP contribution in [-0.2, 0) is 16.6 Å². The molecule has 6 rings (SSSR count). The number of ether oxygens (including phenoxy) is 1. The fraction of sp³-hybridized carbons (Fsp3) is 0.346. The first-order valence-corrected chi connectivity index (χ1v) is 12.1. The van der Waals surface area contributed by atoms with Crippen LogP contribution in [0.5, 0.6) is 0 Å². The highest BCUT2D eigenvalue weighted by molar-refractivity contribution is 5.87. The summed E-state index contributed by atoms with van der Waals surface area (Å²) in [6.07, 6.45) is 6.44. The number of aliphatic carboxylic acids is 1. The van der Waals surface area contributed by atoms with E-state index in [1.165, 1.54) is 0 Å². The summed E-state index contributed by atoms with van der Waals surface area (Å²) in [7, 11) is 1.90. The van der Waals surface area contributed by atoms with Crippen LogP contribution in [0.4, 0.5) is 19.0 Å². The Labute approximate surface area is 220 Å². The number of aromatic nitrogens is 5. The maximum absolute atomic E-state index is 10.6. The van der Waals surface area contributed by atoms with Crippen LogP contribution in [0, 0.1) is 16.7 Å². The predicted molar refractivity (Wildman–Crippen MR) is 134 cm³/mol. The van der Waals surface area contributed by atoms with Gasteiger partial charge in [-0.05, 0) is 31.0 Å². The third kappa shape index (κ3) is 5.28. The van der Waals surface area contributed by atoms with Gasteiger partial charge in [0.2, 0.25) is 0 Å². The number of pyridine rings is 2. The van der Waals surface area contributed by atoms with Crippen molar-refractivity contribution < 1.29 is 27.8 Å². The zero-order valence-corrected chi connectivity index (χ0v) is 20.9. The Balaban J connectivity index is 0.000000392. The Morgan fingerprint density at radius 3 is 2.36 bits per heavy atom. The molecule has 0 unspecified atom stereocenters. The molecule has 0 aliphatic carbocycles. The maximum Gasteiger partial charge on any atom is 0.490 e. The number of nitrogens with zero attached hydrogens (tertiary/aromatic N) is 7. The molecule has 0 bridgehead atoms. The molecule has 0 atom stereocenters. The maximum atomic E-state index is 10.6. The molecule has 39 heavy (non-hydrogen) atoms. The largest absolute Gasteiger partial charge is 0.490 e. The number of carboxylic acids is 1. The molecule has 4 aromatic rings. The van der Waals surface area contributed by atoms with Crippen LogP contribution in [-0.4, -0.2) is 67.9 Å². The molecule has 6 heterocycles. The molecule has 4 aromatic heterocycles. The van der Waals surface area contributed by atoms with E-state index in [0.717, 1.165) is 72.7 Å². The highest BCUT2D eigenvalue weighted by atomic mass is 19.4. The Morgan fingerprint density at radius 2 is 1.79 bits per heavy atom. The lowest BCUT2D eigenvalue weighted by atomic mass is 9.73. The van der Waals surface area contributed by atoms with Crippen LogP contribution >= 0.6 is 0 Å². The average Bonchev–Trinajstić information content (AvgIpc) is 3.53. The topological polar surface area (TPSA) is 122 Å². The van der Waals surface area contributed by atoms with Gasteiger partial charge in [-0.15, -0.1) is 0 Å². The smallest absolute Gasteiger partial charge is 0.475 e. The first-order valence-electron chi connectivity index (χ1n) is 12.1. The molecule has 2 aliphatic rings. The number of halogens is 3. The molecule has 0 aromatic carbocycles. The standard InChI is InChI=1S/C24H23N7O.C2HF3O2/c1-29-13-20(12-27-29)18-8-21(23-19(9-25)11-28-31(23)14-18)17-2-3-22(26-10-17)30-15-24(16-30)4-6-32-7-5-24;3-2(4,5)1(6)7/h2-3,8,10-14H,4-7,15-16H2,1H3;(H,6,7). The Hall–Kier alpha value is -4.44. The zero-order valence-electron chi connectivity index (χ0n) is 20.9. The van der Waals surface area contributed by atoms with Crippen molar-refractivity contribution in [3.8, 4) is 28.3 Å². The van der Waals surface area contributed by atoms with Gasteiger partial charge < -0.3 is 14.7 Å². The summed E-state index contributed by atoms with van der Waals surface area (Å²) in [4.78, 5) is 16.0. The molecule has 2 aliphatic heterocycles. The van der Waals surface area contributed by atoms with Gasteiger partial charge in [-0.3, -0.25) is 4.68 Å². The predicted octanol–water partition coefficient (Wildman–Crippen LogP) is 3.92. The molecule has 0 amide bonds. The fourth-order valence-corrected chi connectivity index (χ4v) is 4.93. The zero-order chi connectivity index (χ0) is 27.8. The summed E-state index contributed by atoms with van der Waals surface area (Å²) in [5.74, 6) is -1.76. The van der Waals surface area contributed by atoms with Crippen molar-refractivity contribution in [3.63, 3.8) is 0 Å². The molecule has 1 N–H and O–H groups in total. The Bertz CT molecular complexity index is 1540. The van der Waals surface area contributed by atoms with E-state index in [0.29, 0.717) is 11.0 Å². The summed E-state index contributed by atoms with van der Waals surface area (Å²) in [6.45, 7) is 3.83. The minimum absolute atomic E-state index is 0.405. The van der Waals surface area contributed by atoms with Crippen molar-refractivity contribution in [1.29, 1.82) is 5.26 Å². The molecule has 2 saturated heterocycles. The van der Waals surface area contributed by atoms with Gasteiger partial charge in [-0.2, -0.15) is 28.6 Å². The SMILES string of the molecule is Cn1cc(-c2cc(-c3ccc(N4CC5(CCOCC5)C4)nc3)c3c(C#N)cnn3c2)cn1.O=C(O)C(F)(F)F. The number of carbonyl (C=O) groups is 1.